The van der Waals surface area contributed by atoms with Gasteiger partial charge in [0.05, 0.1) is 11.4 Å². The Morgan fingerprint density at radius 2 is 2.12 bits per heavy atom. The first-order valence-electron chi connectivity index (χ1n) is 6.74. The number of aryl methyl sites for hydroxylation is 2. The van der Waals surface area contributed by atoms with E-state index in [2.05, 4.69) is 35.8 Å². The van der Waals surface area contributed by atoms with Crippen LogP contribution in [0.1, 0.15) is 50.9 Å². The van der Waals surface area contributed by atoms with Crippen molar-refractivity contribution < 1.29 is 0 Å². The van der Waals surface area contributed by atoms with Gasteiger partial charge in [-0.3, -0.25) is 4.68 Å². The minimum Gasteiger partial charge on any atom is -0.328 e. The molecule has 1 aliphatic rings. The molecule has 0 saturated heterocycles. The molecule has 0 amide bonds. The summed E-state index contributed by atoms with van der Waals surface area (Å²) in [5.74, 6) is 0. The number of hydrogen-bond acceptors (Lipinski definition) is 2. The van der Waals surface area contributed by atoms with E-state index >= 15 is 0 Å². The minimum absolute atomic E-state index is 0.412. The number of allylic oxidation sites excluding steroid dienone is 1. The van der Waals surface area contributed by atoms with Crippen LogP contribution in [0.3, 0.4) is 0 Å². The van der Waals surface area contributed by atoms with Gasteiger partial charge in [-0.25, -0.2) is 0 Å². The number of aromatic nitrogens is 2. The summed E-state index contributed by atoms with van der Waals surface area (Å²) in [6.07, 6.45) is 7.89. The molecule has 94 valence electrons. The van der Waals surface area contributed by atoms with Crippen LogP contribution >= 0.6 is 0 Å². The van der Waals surface area contributed by atoms with Gasteiger partial charge in [0, 0.05) is 12.6 Å². The third kappa shape index (κ3) is 2.97. The zero-order chi connectivity index (χ0) is 12.3. The van der Waals surface area contributed by atoms with Crippen LogP contribution in [-0.2, 0) is 13.0 Å². The molecule has 3 nitrogen and oxygen atoms in total. The van der Waals surface area contributed by atoms with Gasteiger partial charge in [-0.05, 0) is 51.2 Å². The number of nitrogens with two attached hydrogens (primary N) is 1. The zero-order valence-electron chi connectivity index (χ0n) is 10.9. The van der Waals surface area contributed by atoms with Gasteiger partial charge in [0.25, 0.3) is 0 Å². The molecular formula is C14H23N3. The van der Waals surface area contributed by atoms with E-state index in [4.69, 9.17) is 5.73 Å². The summed E-state index contributed by atoms with van der Waals surface area (Å²) in [7, 11) is 0. The molecule has 1 fully saturated rings. The van der Waals surface area contributed by atoms with E-state index in [1.807, 2.05) is 0 Å². The predicted molar refractivity (Wildman–Crippen MR) is 71.7 cm³/mol. The summed E-state index contributed by atoms with van der Waals surface area (Å²) in [6.45, 7) is 5.24. The van der Waals surface area contributed by atoms with Gasteiger partial charge in [0.15, 0.2) is 0 Å². The lowest BCUT2D eigenvalue weighted by atomic mass is 9.91. The van der Waals surface area contributed by atoms with Gasteiger partial charge in [0.1, 0.15) is 0 Å². The Kier molecular flexibility index (Phi) is 4.00. The first-order valence-corrected chi connectivity index (χ1v) is 6.74. The van der Waals surface area contributed by atoms with E-state index in [0.29, 0.717) is 6.04 Å². The smallest absolute Gasteiger partial charge is 0.0628 e. The highest BCUT2D eigenvalue weighted by Gasteiger charge is 2.13. The molecule has 1 saturated carbocycles. The molecule has 1 aliphatic carbocycles. The highest BCUT2D eigenvalue weighted by molar-refractivity contribution is 5.50. The summed E-state index contributed by atoms with van der Waals surface area (Å²) < 4.78 is 2.10. The molecule has 0 spiro atoms. The molecule has 17 heavy (non-hydrogen) atoms. The molecule has 0 aromatic carbocycles. The minimum atomic E-state index is 0.412. The van der Waals surface area contributed by atoms with Gasteiger partial charge in [-0.15, -0.1) is 0 Å². The molecule has 0 radical (unpaired) electrons. The maximum absolute atomic E-state index is 5.93. The van der Waals surface area contributed by atoms with Crippen molar-refractivity contribution >= 4 is 6.08 Å². The van der Waals surface area contributed by atoms with Crippen molar-refractivity contribution in [1.82, 2.24) is 9.78 Å². The van der Waals surface area contributed by atoms with Crippen LogP contribution in [0.15, 0.2) is 11.6 Å². The monoisotopic (exact) mass is 233 g/mol. The fourth-order valence-electron chi connectivity index (χ4n) is 2.39. The molecule has 0 atom stereocenters. The largest absolute Gasteiger partial charge is 0.328 e. The standard InChI is InChI=1S/C14H23N3/c1-3-13-10-14(17(4-2)16-13)9-11-5-7-12(15)8-6-11/h9-10,12H,3-8,15H2,1-2H3. The van der Waals surface area contributed by atoms with E-state index in [-0.39, 0.29) is 0 Å². The van der Waals surface area contributed by atoms with Crippen LogP contribution in [0.4, 0.5) is 0 Å². The lowest BCUT2D eigenvalue weighted by Crippen LogP contribution is -2.23. The van der Waals surface area contributed by atoms with Crippen molar-refractivity contribution in [3.05, 3.63) is 23.0 Å². The highest BCUT2D eigenvalue weighted by Crippen LogP contribution is 2.24. The molecule has 2 rings (SSSR count). The summed E-state index contributed by atoms with van der Waals surface area (Å²) in [4.78, 5) is 0. The van der Waals surface area contributed by atoms with Crippen molar-refractivity contribution in [3.8, 4) is 0 Å². The molecule has 1 aromatic heterocycles. The van der Waals surface area contributed by atoms with Crippen molar-refractivity contribution in [3.63, 3.8) is 0 Å². The first-order chi connectivity index (χ1) is 8.22. The number of nitrogens with zero attached hydrogens (tertiary/aromatic N) is 2. The molecule has 0 unspecified atom stereocenters. The van der Waals surface area contributed by atoms with Gasteiger partial charge >= 0.3 is 0 Å². The normalized spacial score (nSPS) is 20.6. The number of hydrogen-bond donors (Lipinski definition) is 1. The molecule has 3 heteroatoms. The van der Waals surface area contributed by atoms with Crippen molar-refractivity contribution in [2.24, 2.45) is 5.73 Å². The van der Waals surface area contributed by atoms with E-state index in [0.717, 1.165) is 38.6 Å². The van der Waals surface area contributed by atoms with Crippen LogP contribution in [0, 0.1) is 0 Å². The third-order valence-electron chi connectivity index (χ3n) is 3.55. The van der Waals surface area contributed by atoms with Gasteiger partial charge in [-0.2, -0.15) is 5.10 Å². The first kappa shape index (κ1) is 12.4. The Morgan fingerprint density at radius 1 is 1.41 bits per heavy atom. The van der Waals surface area contributed by atoms with E-state index < -0.39 is 0 Å². The fourth-order valence-corrected chi connectivity index (χ4v) is 2.39. The maximum Gasteiger partial charge on any atom is 0.0628 e. The van der Waals surface area contributed by atoms with E-state index in [9.17, 15) is 0 Å². The van der Waals surface area contributed by atoms with Crippen LogP contribution in [0.2, 0.25) is 0 Å². The van der Waals surface area contributed by atoms with Gasteiger partial charge in [-0.1, -0.05) is 12.5 Å². The average Bonchev–Trinajstić information content (AvgIpc) is 2.74. The van der Waals surface area contributed by atoms with Crippen LogP contribution < -0.4 is 5.73 Å². The third-order valence-corrected chi connectivity index (χ3v) is 3.55. The van der Waals surface area contributed by atoms with E-state index in [1.165, 1.54) is 17.0 Å². The SMILES string of the molecule is CCc1cc(C=C2CCC(N)CC2)n(CC)n1. The van der Waals surface area contributed by atoms with Crippen molar-refractivity contribution in [2.45, 2.75) is 58.5 Å². The van der Waals surface area contributed by atoms with E-state index in [1.54, 1.807) is 0 Å². The van der Waals surface area contributed by atoms with Gasteiger partial charge < -0.3 is 5.73 Å². The summed E-state index contributed by atoms with van der Waals surface area (Å²) >= 11 is 0. The maximum atomic E-state index is 5.93. The molecule has 2 N–H and O–H groups in total. The molecular weight excluding hydrogens is 210 g/mol. The second-order valence-electron chi connectivity index (χ2n) is 4.87. The summed E-state index contributed by atoms with van der Waals surface area (Å²) in [5, 5.41) is 4.58. The van der Waals surface area contributed by atoms with Crippen LogP contribution in [0.5, 0.6) is 0 Å². The highest BCUT2D eigenvalue weighted by atomic mass is 15.3. The zero-order valence-corrected chi connectivity index (χ0v) is 10.9. The molecule has 1 heterocycles. The molecule has 0 aliphatic heterocycles. The predicted octanol–water partition coefficient (Wildman–Crippen LogP) is 2.75. The second-order valence-corrected chi connectivity index (χ2v) is 4.87. The second kappa shape index (κ2) is 5.50. The lowest BCUT2D eigenvalue weighted by Gasteiger charge is -2.20. The molecule has 1 aromatic rings. The Hall–Kier alpha value is -1.09. The quantitative estimate of drug-likeness (QED) is 0.872. The average molecular weight is 233 g/mol. The Balaban J connectivity index is 2.16. The fraction of sp³-hybridized carbons (Fsp3) is 0.643. The number of rotatable bonds is 3. The Morgan fingerprint density at radius 3 is 2.71 bits per heavy atom. The topological polar surface area (TPSA) is 43.8 Å². The summed E-state index contributed by atoms with van der Waals surface area (Å²) in [5.41, 5.74) is 9.90. The Bertz CT molecular complexity index is 394. The van der Waals surface area contributed by atoms with Crippen molar-refractivity contribution in [1.29, 1.82) is 0 Å². The van der Waals surface area contributed by atoms with Crippen LogP contribution in [0.25, 0.3) is 6.08 Å². The Labute approximate surface area is 104 Å². The van der Waals surface area contributed by atoms with Crippen molar-refractivity contribution in [2.75, 3.05) is 0 Å². The summed E-state index contributed by atoms with van der Waals surface area (Å²) in [6, 6.07) is 2.62. The molecule has 0 bridgehead atoms. The lowest BCUT2D eigenvalue weighted by molar-refractivity contribution is 0.513. The van der Waals surface area contributed by atoms with Gasteiger partial charge in [0.2, 0.25) is 0 Å². The van der Waals surface area contributed by atoms with Crippen LogP contribution in [-0.4, -0.2) is 15.8 Å².